The lowest BCUT2D eigenvalue weighted by atomic mass is 9.90. The topological polar surface area (TPSA) is 47.4 Å². The number of carbonyl (C=O) groups is 1. The van der Waals surface area contributed by atoms with Crippen LogP contribution in [0.3, 0.4) is 0 Å². The smallest absolute Gasteiger partial charge is 0.359 e. The van der Waals surface area contributed by atoms with E-state index in [1.807, 2.05) is 11.6 Å². The van der Waals surface area contributed by atoms with Crippen LogP contribution in [0.1, 0.15) is 52.6 Å². The summed E-state index contributed by atoms with van der Waals surface area (Å²) in [5.41, 5.74) is 5.30. The number of carbonyl (C=O) groups excluding carboxylic acids is 1. The highest BCUT2D eigenvalue weighted by Crippen LogP contribution is 2.29. The van der Waals surface area contributed by atoms with E-state index in [2.05, 4.69) is 77.6 Å². The van der Waals surface area contributed by atoms with E-state index in [0.717, 1.165) is 38.2 Å². The van der Waals surface area contributed by atoms with Gasteiger partial charge in [0.05, 0.1) is 6.61 Å². The highest BCUT2D eigenvalue weighted by Gasteiger charge is 2.30. The van der Waals surface area contributed by atoms with Gasteiger partial charge in [-0.3, -0.25) is 9.58 Å². The average molecular weight is 404 g/mol. The molecule has 5 heteroatoms. The maximum atomic E-state index is 12.5. The Morgan fingerprint density at radius 1 is 1.03 bits per heavy atom. The third-order valence-corrected chi connectivity index (χ3v) is 5.83. The number of benzene rings is 2. The van der Waals surface area contributed by atoms with Gasteiger partial charge in [-0.25, -0.2) is 4.79 Å². The van der Waals surface area contributed by atoms with E-state index in [-0.39, 0.29) is 11.9 Å². The minimum atomic E-state index is -0.314. The minimum absolute atomic E-state index is 0.279. The van der Waals surface area contributed by atoms with Crippen molar-refractivity contribution >= 4 is 5.97 Å². The second-order valence-corrected chi connectivity index (χ2v) is 7.67. The van der Waals surface area contributed by atoms with Crippen molar-refractivity contribution < 1.29 is 9.53 Å². The van der Waals surface area contributed by atoms with Crippen LogP contribution < -0.4 is 0 Å². The average Bonchev–Trinajstić information content (AvgIpc) is 3.17. The number of rotatable bonds is 7. The number of nitrogens with zero attached hydrogens (tertiary/aromatic N) is 3. The highest BCUT2D eigenvalue weighted by molar-refractivity contribution is 5.89. The first kappa shape index (κ1) is 20.4. The SMILES string of the molecule is CCOC(=O)c1nn(CC)c2c1CN(CC(c1ccccc1)c1ccccc1)CC2. The molecule has 0 fully saturated rings. The number of hydrogen-bond acceptors (Lipinski definition) is 4. The van der Waals surface area contributed by atoms with E-state index in [1.165, 1.54) is 16.8 Å². The molecule has 0 atom stereocenters. The fourth-order valence-corrected chi connectivity index (χ4v) is 4.36. The minimum Gasteiger partial charge on any atom is -0.461 e. The lowest BCUT2D eigenvalue weighted by molar-refractivity contribution is 0.0515. The fraction of sp³-hybridized carbons (Fsp3) is 0.360. The van der Waals surface area contributed by atoms with Gasteiger partial charge in [-0.1, -0.05) is 60.7 Å². The van der Waals surface area contributed by atoms with Crippen LogP contribution >= 0.6 is 0 Å². The van der Waals surface area contributed by atoms with Gasteiger partial charge in [-0.15, -0.1) is 0 Å². The largest absolute Gasteiger partial charge is 0.461 e. The van der Waals surface area contributed by atoms with Crippen LogP contribution in [0.5, 0.6) is 0 Å². The van der Waals surface area contributed by atoms with Crippen molar-refractivity contribution in [1.29, 1.82) is 0 Å². The van der Waals surface area contributed by atoms with Gasteiger partial charge in [-0.05, 0) is 25.0 Å². The first-order chi connectivity index (χ1) is 14.7. The molecule has 2 aromatic carbocycles. The van der Waals surface area contributed by atoms with E-state index < -0.39 is 0 Å². The number of hydrogen-bond donors (Lipinski definition) is 0. The second-order valence-electron chi connectivity index (χ2n) is 7.67. The van der Waals surface area contributed by atoms with Gasteiger partial charge >= 0.3 is 5.97 Å². The summed E-state index contributed by atoms with van der Waals surface area (Å²) in [7, 11) is 0. The lowest BCUT2D eigenvalue weighted by Gasteiger charge is -2.31. The van der Waals surface area contributed by atoms with Gasteiger partial charge in [0.1, 0.15) is 0 Å². The third-order valence-electron chi connectivity index (χ3n) is 5.83. The second kappa shape index (κ2) is 9.26. The summed E-state index contributed by atoms with van der Waals surface area (Å²) in [6.45, 7) is 7.59. The molecular weight excluding hydrogens is 374 g/mol. The van der Waals surface area contributed by atoms with E-state index >= 15 is 0 Å². The standard InChI is InChI=1S/C25H29N3O2/c1-3-28-23-15-16-27(18-22(23)24(26-28)25(29)30-4-2)17-21(19-11-7-5-8-12-19)20-13-9-6-10-14-20/h5-14,21H,3-4,15-18H2,1-2H3. The molecule has 0 spiro atoms. The molecule has 2 heterocycles. The molecule has 1 aromatic heterocycles. The molecule has 1 aliphatic rings. The fourth-order valence-electron chi connectivity index (χ4n) is 4.36. The van der Waals surface area contributed by atoms with Gasteiger partial charge in [-0.2, -0.15) is 5.10 Å². The molecule has 0 bridgehead atoms. The summed E-state index contributed by atoms with van der Waals surface area (Å²) >= 11 is 0. The molecule has 3 aromatic rings. The highest BCUT2D eigenvalue weighted by atomic mass is 16.5. The first-order valence-electron chi connectivity index (χ1n) is 10.8. The first-order valence-corrected chi connectivity index (χ1v) is 10.8. The molecule has 156 valence electrons. The van der Waals surface area contributed by atoms with Crippen molar-refractivity contribution in [2.45, 2.75) is 39.3 Å². The number of ether oxygens (including phenoxy) is 1. The predicted molar refractivity (Wildman–Crippen MR) is 118 cm³/mol. The Labute approximate surface area is 178 Å². The van der Waals surface area contributed by atoms with E-state index in [0.29, 0.717) is 12.3 Å². The molecule has 0 unspecified atom stereocenters. The van der Waals surface area contributed by atoms with Gasteiger partial charge < -0.3 is 4.74 Å². The van der Waals surface area contributed by atoms with Crippen LogP contribution in [0.25, 0.3) is 0 Å². The summed E-state index contributed by atoms with van der Waals surface area (Å²) in [4.78, 5) is 14.9. The molecular formula is C25H29N3O2. The van der Waals surface area contributed by atoms with Crippen molar-refractivity contribution in [2.24, 2.45) is 0 Å². The molecule has 1 aliphatic heterocycles. The van der Waals surface area contributed by atoms with Crippen molar-refractivity contribution in [3.8, 4) is 0 Å². The Balaban J connectivity index is 1.62. The number of aryl methyl sites for hydroxylation is 1. The Kier molecular flexibility index (Phi) is 6.29. The maximum Gasteiger partial charge on any atom is 0.359 e. The van der Waals surface area contributed by atoms with Crippen LogP contribution in [-0.2, 0) is 24.2 Å². The van der Waals surface area contributed by atoms with Crippen LogP contribution in [-0.4, -0.2) is 40.3 Å². The summed E-state index contributed by atoms with van der Waals surface area (Å²) in [6.07, 6.45) is 0.895. The van der Waals surface area contributed by atoms with Crippen molar-refractivity contribution in [3.05, 3.63) is 88.7 Å². The Bertz CT molecular complexity index is 943. The molecule has 30 heavy (non-hydrogen) atoms. The normalized spacial score (nSPS) is 14.0. The molecule has 0 amide bonds. The molecule has 5 nitrogen and oxygen atoms in total. The van der Waals surface area contributed by atoms with E-state index in [4.69, 9.17) is 4.74 Å². The zero-order chi connectivity index (χ0) is 20.9. The molecule has 0 saturated heterocycles. The third kappa shape index (κ3) is 4.17. The summed E-state index contributed by atoms with van der Waals surface area (Å²) < 4.78 is 7.24. The summed E-state index contributed by atoms with van der Waals surface area (Å²) in [6, 6.07) is 21.3. The van der Waals surface area contributed by atoms with Crippen LogP contribution in [0, 0.1) is 0 Å². The predicted octanol–water partition coefficient (Wildman–Crippen LogP) is 4.27. The molecule has 0 saturated carbocycles. The summed E-state index contributed by atoms with van der Waals surface area (Å²) in [5, 5.41) is 4.57. The monoisotopic (exact) mass is 403 g/mol. The van der Waals surface area contributed by atoms with Crippen LogP contribution in [0.2, 0.25) is 0 Å². The number of aromatic nitrogens is 2. The molecule has 4 rings (SSSR count). The zero-order valence-electron chi connectivity index (χ0n) is 17.8. The van der Waals surface area contributed by atoms with Crippen molar-refractivity contribution in [1.82, 2.24) is 14.7 Å². The van der Waals surface area contributed by atoms with Gasteiger partial charge in [0, 0.05) is 49.8 Å². The van der Waals surface area contributed by atoms with Crippen molar-refractivity contribution in [2.75, 3.05) is 19.7 Å². The quantitative estimate of drug-likeness (QED) is 0.553. The van der Waals surface area contributed by atoms with Gasteiger partial charge in [0.15, 0.2) is 5.69 Å². The van der Waals surface area contributed by atoms with Crippen LogP contribution in [0.15, 0.2) is 60.7 Å². The Morgan fingerprint density at radius 2 is 1.67 bits per heavy atom. The number of fused-ring (bicyclic) bond motifs is 1. The lowest BCUT2D eigenvalue weighted by Crippen LogP contribution is -2.35. The van der Waals surface area contributed by atoms with Gasteiger partial charge in [0.25, 0.3) is 0 Å². The zero-order valence-corrected chi connectivity index (χ0v) is 17.8. The Morgan fingerprint density at radius 3 is 2.23 bits per heavy atom. The molecule has 0 aliphatic carbocycles. The van der Waals surface area contributed by atoms with Gasteiger partial charge in [0.2, 0.25) is 0 Å². The van der Waals surface area contributed by atoms with E-state index in [9.17, 15) is 4.79 Å². The molecule has 0 N–H and O–H groups in total. The van der Waals surface area contributed by atoms with E-state index in [1.54, 1.807) is 0 Å². The number of esters is 1. The van der Waals surface area contributed by atoms with Crippen molar-refractivity contribution in [3.63, 3.8) is 0 Å². The maximum absolute atomic E-state index is 12.5. The Hall–Kier alpha value is -2.92. The summed E-state index contributed by atoms with van der Waals surface area (Å²) in [5.74, 6) is -0.0355. The molecule has 0 radical (unpaired) electrons. The van der Waals surface area contributed by atoms with Crippen LogP contribution in [0.4, 0.5) is 0 Å².